The first-order chi connectivity index (χ1) is 8.29. The highest BCUT2D eigenvalue weighted by atomic mass is 16.3. The standard InChI is InChI=1S/C13H26N2O2/c1-2-14-9-8-13(17)15(10-11-16)12-6-4-3-5-7-12/h12,14,16H,2-11H2,1H3. The molecular weight excluding hydrogens is 216 g/mol. The van der Waals surface area contributed by atoms with Crippen molar-refractivity contribution in [2.75, 3.05) is 26.2 Å². The summed E-state index contributed by atoms with van der Waals surface area (Å²) in [6.45, 7) is 4.25. The van der Waals surface area contributed by atoms with Crippen LogP contribution < -0.4 is 5.32 Å². The maximum Gasteiger partial charge on any atom is 0.224 e. The molecule has 0 aromatic rings. The third kappa shape index (κ3) is 5.04. The van der Waals surface area contributed by atoms with Crippen LogP contribution in [-0.4, -0.2) is 48.2 Å². The Balaban J connectivity index is 2.42. The van der Waals surface area contributed by atoms with Gasteiger partial charge >= 0.3 is 0 Å². The topological polar surface area (TPSA) is 52.6 Å². The predicted molar refractivity (Wildman–Crippen MR) is 68.8 cm³/mol. The first-order valence-corrected chi connectivity index (χ1v) is 6.90. The van der Waals surface area contributed by atoms with Gasteiger partial charge < -0.3 is 15.3 Å². The van der Waals surface area contributed by atoms with Gasteiger partial charge in [0.05, 0.1) is 6.61 Å². The Morgan fingerprint density at radius 1 is 1.35 bits per heavy atom. The molecule has 0 saturated heterocycles. The summed E-state index contributed by atoms with van der Waals surface area (Å²) < 4.78 is 0. The van der Waals surface area contributed by atoms with Crippen molar-refractivity contribution in [2.45, 2.75) is 51.5 Å². The molecule has 0 aliphatic heterocycles. The molecular formula is C13H26N2O2. The highest BCUT2D eigenvalue weighted by Crippen LogP contribution is 2.22. The minimum Gasteiger partial charge on any atom is -0.395 e. The molecule has 0 aromatic carbocycles. The number of carbonyl (C=O) groups excluding carboxylic acids is 1. The van der Waals surface area contributed by atoms with Gasteiger partial charge in [0.15, 0.2) is 0 Å². The zero-order valence-electron chi connectivity index (χ0n) is 11.0. The van der Waals surface area contributed by atoms with E-state index in [1.807, 2.05) is 11.8 Å². The van der Waals surface area contributed by atoms with Crippen molar-refractivity contribution in [2.24, 2.45) is 0 Å². The largest absolute Gasteiger partial charge is 0.395 e. The number of hydrogen-bond donors (Lipinski definition) is 2. The lowest BCUT2D eigenvalue weighted by atomic mass is 9.94. The predicted octanol–water partition coefficient (Wildman–Crippen LogP) is 1.14. The van der Waals surface area contributed by atoms with Gasteiger partial charge in [-0.15, -0.1) is 0 Å². The van der Waals surface area contributed by atoms with Crippen LogP contribution in [0, 0.1) is 0 Å². The van der Waals surface area contributed by atoms with Crippen LogP contribution in [0.15, 0.2) is 0 Å². The van der Waals surface area contributed by atoms with E-state index in [2.05, 4.69) is 5.32 Å². The number of nitrogens with zero attached hydrogens (tertiary/aromatic N) is 1. The molecule has 100 valence electrons. The number of carbonyl (C=O) groups is 1. The van der Waals surface area contributed by atoms with Gasteiger partial charge in [-0.1, -0.05) is 26.2 Å². The molecule has 1 fully saturated rings. The lowest BCUT2D eigenvalue weighted by Crippen LogP contribution is -2.43. The van der Waals surface area contributed by atoms with Crippen molar-refractivity contribution in [3.63, 3.8) is 0 Å². The van der Waals surface area contributed by atoms with Gasteiger partial charge in [0.25, 0.3) is 0 Å². The third-order valence-electron chi connectivity index (χ3n) is 3.44. The second-order valence-electron chi connectivity index (χ2n) is 4.71. The number of amides is 1. The van der Waals surface area contributed by atoms with E-state index in [0.29, 0.717) is 19.0 Å². The summed E-state index contributed by atoms with van der Waals surface area (Å²) in [6, 6.07) is 0.366. The fourth-order valence-corrected chi connectivity index (χ4v) is 2.53. The quantitative estimate of drug-likeness (QED) is 0.658. The SMILES string of the molecule is CCNCCC(=O)N(CCO)C1CCCCC1. The van der Waals surface area contributed by atoms with Crippen LogP contribution in [0.3, 0.4) is 0 Å². The summed E-state index contributed by atoms with van der Waals surface area (Å²) in [6.07, 6.45) is 6.47. The Morgan fingerprint density at radius 3 is 2.65 bits per heavy atom. The van der Waals surface area contributed by atoms with E-state index in [-0.39, 0.29) is 12.5 Å². The van der Waals surface area contributed by atoms with Crippen molar-refractivity contribution in [3.05, 3.63) is 0 Å². The molecule has 0 unspecified atom stereocenters. The molecule has 0 spiro atoms. The highest BCUT2D eigenvalue weighted by molar-refractivity contribution is 5.76. The van der Waals surface area contributed by atoms with Gasteiger partial charge in [-0.3, -0.25) is 4.79 Å². The van der Waals surface area contributed by atoms with Gasteiger partial charge in [0.1, 0.15) is 0 Å². The highest BCUT2D eigenvalue weighted by Gasteiger charge is 2.24. The van der Waals surface area contributed by atoms with Crippen molar-refractivity contribution in [3.8, 4) is 0 Å². The van der Waals surface area contributed by atoms with Crippen LogP contribution >= 0.6 is 0 Å². The second kappa shape index (κ2) is 8.48. The molecule has 0 bridgehead atoms. The molecule has 1 aliphatic carbocycles. The summed E-state index contributed by atoms with van der Waals surface area (Å²) in [5.41, 5.74) is 0. The average molecular weight is 242 g/mol. The lowest BCUT2D eigenvalue weighted by Gasteiger charge is -2.34. The summed E-state index contributed by atoms with van der Waals surface area (Å²) >= 11 is 0. The molecule has 1 amide bonds. The number of rotatable bonds is 7. The van der Waals surface area contributed by atoms with Crippen LogP contribution in [0.5, 0.6) is 0 Å². The minimum atomic E-state index is 0.0729. The number of aliphatic hydroxyl groups is 1. The summed E-state index contributed by atoms with van der Waals surface area (Å²) in [5.74, 6) is 0.187. The van der Waals surface area contributed by atoms with Crippen molar-refractivity contribution < 1.29 is 9.90 Å². The molecule has 1 rings (SSSR count). The molecule has 2 N–H and O–H groups in total. The van der Waals surface area contributed by atoms with E-state index in [9.17, 15) is 4.79 Å². The van der Waals surface area contributed by atoms with Crippen molar-refractivity contribution in [1.82, 2.24) is 10.2 Å². The fourth-order valence-electron chi connectivity index (χ4n) is 2.53. The molecule has 4 heteroatoms. The number of hydrogen-bond acceptors (Lipinski definition) is 3. The monoisotopic (exact) mass is 242 g/mol. The van der Waals surface area contributed by atoms with E-state index in [1.54, 1.807) is 0 Å². The van der Waals surface area contributed by atoms with Crippen LogP contribution in [-0.2, 0) is 4.79 Å². The first kappa shape index (κ1) is 14.5. The molecule has 0 heterocycles. The maximum atomic E-state index is 12.1. The van der Waals surface area contributed by atoms with Gasteiger partial charge in [-0.2, -0.15) is 0 Å². The van der Waals surface area contributed by atoms with E-state index in [4.69, 9.17) is 5.11 Å². The Labute approximate surface area is 104 Å². The smallest absolute Gasteiger partial charge is 0.224 e. The van der Waals surface area contributed by atoms with E-state index < -0.39 is 0 Å². The van der Waals surface area contributed by atoms with E-state index >= 15 is 0 Å². The fraction of sp³-hybridized carbons (Fsp3) is 0.923. The van der Waals surface area contributed by atoms with Gasteiger partial charge in [0.2, 0.25) is 5.91 Å². The zero-order valence-corrected chi connectivity index (χ0v) is 11.0. The Kier molecular flexibility index (Phi) is 7.21. The van der Waals surface area contributed by atoms with Crippen molar-refractivity contribution >= 4 is 5.91 Å². The number of aliphatic hydroxyl groups excluding tert-OH is 1. The number of nitrogens with one attached hydrogen (secondary N) is 1. The Morgan fingerprint density at radius 2 is 2.06 bits per heavy atom. The van der Waals surface area contributed by atoms with Crippen LogP contribution in [0.25, 0.3) is 0 Å². The van der Waals surface area contributed by atoms with Crippen LogP contribution in [0.1, 0.15) is 45.4 Å². The molecule has 0 aromatic heterocycles. The maximum absolute atomic E-state index is 12.1. The summed E-state index contributed by atoms with van der Waals surface area (Å²) in [4.78, 5) is 14.0. The molecule has 1 aliphatic rings. The Hall–Kier alpha value is -0.610. The van der Waals surface area contributed by atoms with Crippen molar-refractivity contribution in [1.29, 1.82) is 0 Å². The molecule has 0 radical (unpaired) electrons. The van der Waals surface area contributed by atoms with Crippen LogP contribution in [0.4, 0.5) is 0 Å². The average Bonchev–Trinajstić information content (AvgIpc) is 2.37. The van der Waals surface area contributed by atoms with Gasteiger partial charge in [-0.05, 0) is 19.4 Å². The minimum absolute atomic E-state index is 0.0729. The first-order valence-electron chi connectivity index (χ1n) is 6.90. The molecule has 0 atom stereocenters. The van der Waals surface area contributed by atoms with E-state index in [0.717, 1.165) is 25.9 Å². The van der Waals surface area contributed by atoms with E-state index in [1.165, 1.54) is 19.3 Å². The summed E-state index contributed by atoms with van der Waals surface area (Å²) in [5, 5.41) is 12.2. The molecule has 17 heavy (non-hydrogen) atoms. The molecule has 4 nitrogen and oxygen atoms in total. The normalized spacial score (nSPS) is 17.1. The van der Waals surface area contributed by atoms with Gasteiger partial charge in [0, 0.05) is 25.6 Å². The van der Waals surface area contributed by atoms with Gasteiger partial charge in [-0.25, -0.2) is 0 Å². The zero-order chi connectivity index (χ0) is 12.5. The molecule has 1 saturated carbocycles. The summed E-state index contributed by atoms with van der Waals surface area (Å²) in [7, 11) is 0. The third-order valence-corrected chi connectivity index (χ3v) is 3.44. The van der Waals surface area contributed by atoms with Crippen LogP contribution in [0.2, 0.25) is 0 Å². The second-order valence-corrected chi connectivity index (χ2v) is 4.71. The Bertz CT molecular complexity index is 215. The lowest BCUT2D eigenvalue weighted by molar-refractivity contribution is -0.134.